The predicted octanol–water partition coefficient (Wildman–Crippen LogP) is -0.509. The SMILES string of the molecule is CC1(C)C=CC(C)(C)[N-]1.[Li+]. The van der Waals surface area contributed by atoms with Gasteiger partial charge < -0.3 is 5.32 Å². The van der Waals surface area contributed by atoms with Crippen LogP contribution in [0.4, 0.5) is 0 Å². The van der Waals surface area contributed by atoms with Gasteiger partial charge in [-0.2, -0.15) is 0 Å². The average Bonchev–Trinajstić information content (AvgIpc) is 1.78. The van der Waals surface area contributed by atoms with Gasteiger partial charge in [0, 0.05) is 0 Å². The van der Waals surface area contributed by atoms with E-state index in [2.05, 4.69) is 45.2 Å². The monoisotopic (exact) mass is 131 g/mol. The molecule has 0 aromatic heterocycles. The molecule has 0 amide bonds. The molecule has 0 spiro atoms. The normalized spacial score (nSPS) is 26.0. The van der Waals surface area contributed by atoms with Crippen molar-refractivity contribution in [2.75, 3.05) is 0 Å². The molecule has 2 heteroatoms. The minimum absolute atomic E-state index is 0. The summed E-state index contributed by atoms with van der Waals surface area (Å²) in [7, 11) is 0. The van der Waals surface area contributed by atoms with E-state index < -0.39 is 0 Å². The van der Waals surface area contributed by atoms with Crippen molar-refractivity contribution in [3.63, 3.8) is 0 Å². The maximum atomic E-state index is 4.54. The second kappa shape index (κ2) is 2.74. The average molecular weight is 131 g/mol. The predicted molar refractivity (Wildman–Crippen MR) is 40.7 cm³/mol. The first kappa shape index (κ1) is 10.3. The standard InChI is InChI=1S/C8H14N.Li/c1-7(2)5-6-8(3,4)9-7;/h5-6H,1-4H3;/q-1;+1. The first-order valence-corrected chi connectivity index (χ1v) is 3.36. The summed E-state index contributed by atoms with van der Waals surface area (Å²) in [4.78, 5) is 0. The summed E-state index contributed by atoms with van der Waals surface area (Å²) in [6, 6.07) is 0. The summed E-state index contributed by atoms with van der Waals surface area (Å²) in [6.45, 7) is 8.49. The summed E-state index contributed by atoms with van der Waals surface area (Å²) < 4.78 is 0. The van der Waals surface area contributed by atoms with E-state index in [0.717, 1.165) is 0 Å². The Bertz CT molecular complexity index is 131. The zero-order chi connectivity index (χ0) is 7.12. The van der Waals surface area contributed by atoms with E-state index in [9.17, 15) is 0 Å². The van der Waals surface area contributed by atoms with Gasteiger partial charge in [-0.25, -0.2) is 0 Å². The zero-order valence-corrected chi connectivity index (χ0v) is 7.60. The third-order valence-corrected chi connectivity index (χ3v) is 1.48. The molecule has 1 aliphatic heterocycles. The van der Waals surface area contributed by atoms with Gasteiger partial charge in [-0.3, -0.25) is 0 Å². The van der Waals surface area contributed by atoms with E-state index in [1.807, 2.05) is 0 Å². The van der Waals surface area contributed by atoms with E-state index in [4.69, 9.17) is 0 Å². The van der Waals surface area contributed by atoms with Gasteiger partial charge in [-0.05, 0) is 0 Å². The Kier molecular flexibility index (Phi) is 2.82. The molecule has 0 radical (unpaired) electrons. The fourth-order valence-corrected chi connectivity index (χ4v) is 1.23. The summed E-state index contributed by atoms with van der Waals surface area (Å²) in [6.07, 6.45) is 4.32. The molecule has 1 rings (SSSR count). The molecule has 0 bridgehead atoms. The molecule has 0 saturated heterocycles. The Balaban J connectivity index is 0.000000810. The molecular formula is C8H14LiN. The van der Waals surface area contributed by atoms with Gasteiger partial charge in [-0.15, -0.1) is 23.2 Å². The van der Waals surface area contributed by atoms with E-state index in [1.54, 1.807) is 0 Å². The van der Waals surface area contributed by atoms with Gasteiger partial charge in [0.2, 0.25) is 0 Å². The van der Waals surface area contributed by atoms with Gasteiger partial charge in [0.1, 0.15) is 0 Å². The molecule has 52 valence electrons. The van der Waals surface area contributed by atoms with Crippen molar-refractivity contribution >= 4 is 0 Å². The fourth-order valence-electron chi connectivity index (χ4n) is 1.23. The minimum Gasteiger partial charge on any atom is -0.645 e. The van der Waals surface area contributed by atoms with E-state index >= 15 is 0 Å². The molecule has 0 unspecified atom stereocenters. The van der Waals surface area contributed by atoms with Crippen molar-refractivity contribution in [2.24, 2.45) is 0 Å². The van der Waals surface area contributed by atoms with Crippen LogP contribution in [0.2, 0.25) is 0 Å². The zero-order valence-electron chi connectivity index (χ0n) is 7.60. The minimum atomic E-state index is 0. The molecule has 0 aromatic rings. The van der Waals surface area contributed by atoms with Crippen molar-refractivity contribution in [1.29, 1.82) is 0 Å². The van der Waals surface area contributed by atoms with Crippen LogP contribution in [0, 0.1) is 0 Å². The van der Waals surface area contributed by atoms with Gasteiger partial charge in [-0.1, -0.05) is 27.7 Å². The molecule has 0 saturated carbocycles. The van der Waals surface area contributed by atoms with Crippen LogP contribution in [0.1, 0.15) is 27.7 Å². The number of hydrogen-bond acceptors (Lipinski definition) is 0. The Labute approximate surface area is 75.4 Å². The molecule has 0 aliphatic carbocycles. The maximum absolute atomic E-state index is 4.54. The van der Waals surface area contributed by atoms with Crippen LogP contribution in [-0.2, 0) is 0 Å². The first-order chi connectivity index (χ1) is 3.91. The van der Waals surface area contributed by atoms with Crippen LogP contribution < -0.4 is 18.9 Å². The molecule has 1 aliphatic rings. The Hall–Kier alpha value is 0.297. The van der Waals surface area contributed by atoms with Gasteiger partial charge in [0.25, 0.3) is 0 Å². The molecule has 0 N–H and O–H groups in total. The Morgan fingerprint density at radius 3 is 1.30 bits per heavy atom. The van der Waals surface area contributed by atoms with E-state index in [-0.39, 0.29) is 29.9 Å². The van der Waals surface area contributed by atoms with Crippen LogP contribution in [0.15, 0.2) is 12.2 Å². The second-order valence-electron chi connectivity index (χ2n) is 3.75. The smallest absolute Gasteiger partial charge is 0.645 e. The summed E-state index contributed by atoms with van der Waals surface area (Å²) in [5.74, 6) is 0. The topological polar surface area (TPSA) is 14.1 Å². The van der Waals surface area contributed by atoms with Crippen LogP contribution in [-0.4, -0.2) is 11.1 Å². The van der Waals surface area contributed by atoms with Crippen molar-refractivity contribution in [2.45, 2.75) is 38.8 Å². The van der Waals surface area contributed by atoms with Gasteiger partial charge >= 0.3 is 18.9 Å². The van der Waals surface area contributed by atoms with Crippen LogP contribution in [0.5, 0.6) is 0 Å². The Morgan fingerprint density at radius 2 is 1.20 bits per heavy atom. The largest absolute Gasteiger partial charge is 1.00 e. The molecule has 10 heavy (non-hydrogen) atoms. The number of hydrogen-bond donors (Lipinski definition) is 0. The van der Waals surface area contributed by atoms with Crippen LogP contribution in [0.3, 0.4) is 0 Å². The molecule has 0 fully saturated rings. The van der Waals surface area contributed by atoms with Gasteiger partial charge in [0.15, 0.2) is 0 Å². The van der Waals surface area contributed by atoms with Crippen molar-refractivity contribution in [3.05, 3.63) is 17.5 Å². The molecule has 1 heterocycles. The summed E-state index contributed by atoms with van der Waals surface area (Å²) in [5.41, 5.74) is 0.146. The van der Waals surface area contributed by atoms with E-state index in [0.29, 0.717) is 0 Å². The van der Waals surface area contributed by atoms with E-state index in [1.165, 1.54) is 0 Å². The summed E-state index contributed by atoms with van der Waals surface area (Å²) >= 11 is 0. The molecular weight excluding hydrogens is 117 g/mol. The molecule has 0 aromatic carbocycles. The van der Waals surface area contributed by atoms with Crippen molar-refractivity contribution < 1.29 is 18.9 Å². The quantitative estimate of drug-likeness (QED) is 0.310. The van der Waals surface area contributed by atoms with Crippen molar-refractivity contribution in [3.8, 4) is 0 Å². The van der Waals surface area contributed by atoms with Crippen LogP contribution >= 0.6 is 0 Å². The second-order valence-corrected chi connectivity index (χ2v) is 3.75. The maximum Gasteiger partial charge on any atom is 1.00 e. The van der Waals surface area contributed by atoms with Gasteiger partial charge in [0.05, 0.1) is 0 Å². The number of rotatable bonds is 0. The third kappa shape index (κ3) is 2.50. The Morgan fingerprint density at radius 1 is 0.900 bits per heavy atom. The van der Waals surface area contributed by atoms with Crippen LogP contribution in [0.25, 0.3) is 5.32 Å². The molecule has 1 nitrogen and oxygen atoms in total. The first-order valence-electron chi connectivity index (χ1n) is 3.36. The fraction of sp³-hybridized carbons (Fsp3) is 0.750. The molecule has 0 atom stereocenters. The van der Waals surface area contributed by atoms with Crippen molar-refractivity contribution in [1.82, 2.24) is 0 Å². The third-order valence-electron chi connectivity index (χ3n) is 1.48. The number of nitrogens with zero attached hydrogens (tertiary/aromatic N) is 1. The summed E-state index contributed by atoms with van der Waals surface area (Å²) in [5, 5.41) is 4.54.